The molecule has 0 aliphatic heterocycles. The summed E-state index contributed by atoms with van der Waals surface area (Å²) in [5.41, 5.74) is 0. The minimum atomic E-state index is 0. The first kappa shape index (κ1) is 22.0. The molecule has 0 radical (unpaired) electrons. The standard InChI is InChI=1S/2C9H7.C4H6.2ClH.Hf/c2*1-2-5-9-7-3-6-8(9)4-1;1-2-4-3-1;;;/h2*1-7H;1-3H2;2*1H;/q2*-1;;;;+2. The summed E-state index contributed by atoms with van der Waals surface area (Å²) < 4.78 is 1.82. The summed E-state index contributed by atoms with van der Waals surface area (Å²) >= 11 is 1.37. The second-order valence-electron chi connectivity index (χ2n) is 5.77. The number of hydrogen-bond donors (Lipinski definition) is 0. The van der Waals surface area contributed by atoms with Crippen molar-refractivity contribution < 1.29 is 23.9 Å². The normalized spacial score (nSPS) is 11.8. The van der Waals surface area contributed by atoms with Crippen molar-refractivity contribution in [2.24, 2.45) is 0 Å². The van der Waals surface area contributed by atoms with Crippen molar-refractivity contribution in [3.63, 3.8) is 0 Å². The van der Waals surface area contributed by atoms with Crippen LogP contribution in [0.3, 0.4) is 0 Å². The molecular formula is C22H22Cl2Hf. The van der Waals surface area contributed by atoms with Crippen molar-refractivity contribution in [1.29, 1.82) is 0 Å². The molecule has 4 aromatic carbocycles. The van der Waals surface area contributed by atoms with Crippen LogP contribution in [-0.2, 0) is 23.9 Å². The van der Waals surface area contributed by atoms with E-state index in [9.17, 15) is 0 Å². The first-order valence-corrected chi connectivity index (χ1v) is 9.90. The summed E-state index contributed by atoms with van der Waals surface area (Å²) in [4.78, 5) is 0. The molecule has 25 heavy (non-hydrogen) atoms. The third kappa shape index (κ3) is 6.66. The second-order valence-corrected chi connectivity index (χ2v) is 8.31. The fourth-order valence-electron chi connectivity index (χ4n) is 2.49. The third-order valence-electron chi connectivity index (χ3n) is 4.05. The van der Waals surface area contributed by atoms with Crippen molar-refractivity contribution >= 4 is 49.6 Å². The maximum Gasteiger partial charge on any atom is -0.0809 e. The van der Waals surface area contributed by atoms with Gasteiger partial charge < -0.3 is 0 Å². The average molecular weight is 536 g/mol. The Morgan fingerprint density at radius 2 is 1.04 bits per heavy atom. The van der Waals surface area contributed by atoms with E-state index in [0.29, 0.717) is 0 Å². The molecule has 128 valence electrons. The molecule has 4 aromatic rings. The van der Waals surface area contributed by atoms with E-state index in [0.717, 1.165) is 0 Å². The molecular weight excluding hydrogens is 514 g/mol. The molecule has 0 nitrogen and oxygen atoms in total. The summed E-state index contributed by atoms with van der Waals surface area (Å²) in [7, 11) is 0. The first-order chi connectivity index (χ1) is 11.3. The summed E-state index contributed by atoms with van der Waals surface area (Å²) in [5.74, 6) is 0. The van der Waals surface area contributed by atoms with Gasteiger partial charge in [-0.3, -0.25) is 0 Å². The Morgan fingerprint density at radius 1 is 0.640 bits per heavy atom. The number of fused-ring (bicyclic) bond motifs is 2. The van der Waals surface area contributed by atoms with E-state index < -0.39 is 0 Å². The van der Waals surface area contributed by atoms with Crippen molar-refractivity contribution in [2.45, 2.75) is 19.3 Å². The van der Waals surface area contributed by atoms with Crippen LogP contribution in [0.2, 0.25) is 0 Å². The van der Waals surface area contributed by atoms with Gasteiger partial charge >= 0.3 is 46.4 Å². The molecule has 0 saturated heterocycles. The van der Waals surface area contributed by atoms with Crippen LogP contribution < -0.4 is 0 Å². The van der Waals surface area contributed by atoms with Gasteiger partial charge in [-0.25, -0.2) is 0 Å². The monoisotopic (exact) mass is 536 g/mol. The number of halogens is 2. The largest absolute Gasteiger partial charge is 0.168 e. The van der Waals surface area contributed by atoms with E-state index in [1.807, 2.05) is 3.26 Å². The van der Waals surface area contributed by atoms with Gasteiger partial charge in [0.2, 0.25) is 0 Å². The maximum atomic E-state index is 2.12. The molecule has 1 aliphatic carbocycles. The van der Waals surface area contributed by atoms with Crippen LogP contribution in [0.25, 0.3) is 21.5 Å². The Labute approximate surface area is 176 Å². The molecule has 0 aromatic heterocycles. The van der Waals surface area contributed by atoms with E-state index in [1.54, 1.807) is 0 Å². The van der Waals surface area contributed by atoms with Gasteiger partial charge in [-0.05, 0) is 0 Å². The van der Waals surface area contributed by atoms with Gasteiger partial charge in [-0.15, -0.1) is 84.1 Å². The zero-order valence-corrected chi connectivity index (χ0v) is 19.2. The van der Waals surface area contributed by atoms with Crippen molar-refractivity contribution in [3.05, 3.63) is 84.9 Å². The van der Waals surface area contributed by atoms with Crippen molar-refractivity contribution in [1.82, 2.24) is 0 Å². The zero-order chi connectivity index (χ0) is 15.9. The third-order valence-corrected chi connectivity index (χ3v) is 5.85. The van der Waals surface area contributed by atoms with Crippen LogP contribution in [0.15, 0.2) is 84.9 Å². The smallest absolute Gasteiger partial charge is 0.0809 e. The molecule has 3 heteroatoms. The molecule has 0 spiro atoms. The number of benzene rings is 2. The van der Waals surface area contributed by atoms with Crippen LogP contribution >= 0.6 is 24.8 Å². The Kier molecular flexibility index (Phi) is 10.2. The van der Waals surface area contributed by atoms with Gasteiger partial charge in [0.25, 0.3) is 0 Å². The molecule has 5 rings (SSSR count). The van der Waals surface area contributed by atoms with Gasteiger partial charge in [0, 0.05) is 0 Å². The number of rotatable bonds is 0. The Hall–Kier alpha value is -1.02. The van der Waals surface area contributed by atoms with E-state index in [2.05, 4.69) is 84.9 Å². The van der Waals surface area contributed by atoms with Crippen LogP contribution in [0.5, 0.6) is 0 Å². The predicted molar refractivity (Wildman–Crippen MR) is 112 cm³/mol. The molecule has 0 bridgehead atoms. The molecule has 0 N–H and O–H groups in total. The molecule has 0 heterocycles. The Bertz CT molecular complexity index is 756. The Morgan fingerprint density at radius 3 is 1.36 bits per heavy atom. The van der Waals surface area contributed by atoms with Gasteiger partial charge in [0.1, 0.15) is 0 Å². The molecule has 0 unspecified atom stereocenters. The van der Waals surface area contributed by atoms with Crippen LogP contribution in [0.1, 0.15) is 19.3 Å². The molecule has 1 fully saturated rings. The fraction of sp³-hybridized carbons (Fsp3) is 0.136. The summed E-state index contributed by atoms with van der Waals surface area (Å²) in [6.07, 6.45) is 4.41. The molecule has 0 amide bonds. The van der Waals surface area contributed by atoms with Crippen LogP contribution in [-0.4, -0.2) is 3.26 Å². The minimum absolute atomic E-state index is 0. The minimum Gasteiger partial charge on any atom is -0.168 e. The number of hydrogen-bond acceptors (Lipinski definition) is 0. The van der Waals surface area contributed by atoms with E-state index in [-0.39, 0.29) is 24.8 Å². The SMILES string of the molecule is Cl.Cl.[Hf+2]=[C]1CCC1.c1ccc2[cH-]ccc2c1.c1ccc2[cH-]ccc2c1. The molecule has 1 aliphatic rings. The van der Waals surface area contributed by atoms with Crippen molar-refractivity contribution in [3.8, 4) is 0 Å². The second kappa shape index (κ2) is 11.6. The summed E-state index contributed by atoms with van der Waals surface area (Å²) in [6, 6.07) is 29.3. The zero-order valence-electron chi connectivity index (χ0n) is 14.0. The Balaban J connectivity index is 0.000000187. The van der Waals surface area contributed by atoms with E-state index in [1.165, 1.54) is 64.7 Å². The van der Waals surface area contributed by atoms with Crippen LogP contribution in [0.4, 0.5) is 0 Å². The fourth-order valence-corrected chi connectivity index (χ4v) is 3.76. The maximum absolute atomic E-state index is 2.12. The predicted octanol–water partition coefficient (Wildman–Crippen LogP) is 6.85. The molecule has 0 atom stereocenters. The quantitative estimate of drug-likeness (QED) is 0.171. The van der Waals surface area contributed by atoms with Gasteiger partial charge in [0.05, 0.1) is 0 Å². The van der Waals surface area contributed by atoms with Gasteiger partial charge in [0.15, 0.2) is 0 Å². The topological polar surface area (TPSA) is 0 Å². The van der Waals surface area contributed by atoms with Gasteiger partial charge in [-0.2, -0.15) is 35.0 Å². The average Bonchev–Trinajstić information content (AvgIpc) is 3.22. The van der Waals surface area contributed by atoms with Crippen LogP contribution in [0, 0.1) is 0 Å². The summed E-state index contributed by atoms with van der Waals surface area (Å²) in [6.45, 7) is 0. The molecule has 1 saturated carbocycles. The van der Waals surface area contributed by atoms with E-state index in [4.69, 9.17) is 0 Å². The van der Waals surface area contributed by atoms with Crippen molar-refractivity contribution in [2.75, 3.05) is 0 Å². The first-order valence-electron chi connectivity index (χ1n) is 8.10. The van der Waals surface area contributed by atoms with E-state index >= 15 is 0 Å². The summed E-state index contributed by atoms with van der Waals surface area (Å²) in [5, 5.41) is 5.32. The van der Waals surface area contributed by atoms with Gasteiger partial charge in [-0.1, -0.05) is 12.1 Å².